The molecule has 3 aromatic rings. The minimum Gasteiger partial charge on any atom is -0.493 e. The van der Waals surface area contributed by atoms with Crippen LogP contribution >= 0.6 is 0 Å². The fraction of sp³-hybridized carbons (Fsp3) is 0.320. The first-order chi connectivity index (χ1) is 16.4. The zero-order valence-electron chi connectivity index (χ0n) is 18.8. The Kier molecular flexibility index (Phi) is 7.32. The smallest absolute Gasteiger partial charge is 0.268 e. The number of nitrogens with one attached hydrogen (secondary N) is 1. The van der Waals surface area contributed by atoms with Gasteiger partial charge in [-0.25, -0.2) is 16.8 Å². The molecule has 9 heteroatoms. The number of benzene rings is 2. The topological polar surface area (TPSA) is 93.3 Å². The van der Waals surface area contributed by atoms with Crippen molar-refractivity contribution in [3.05, 3.63) is 71.7 Å². The maximum Gasteiger partial charge on any atom is 0.268 e. The third-order valence-corrected chi connectivity index (χ3v) is 7.49. The summed E-state index contributed by atoms with van der Waals surface area (Å²) in [7, 11) is -2.27. The van der Waals surface area contributed by atoms with Crippen LogP contribution in [0, 0.1) is 23.1 Å². The lowest BCUT2D eigenvalue weighted by Gasteiger charge is -2.22. The molecule has 2 heterocycles. The molecule has 178 valence electrons. The predicted molar refractivity (Wildman–Crippen MR) is 125 cm³/mol. The van der Waals surface area contributed by atoms with Crippen molar-refractivity contribution in [3.63, 3.8) is 0 Å². The van der Waals surface area contributed by atoms with Crippen LogP contribution in [0.4, 0.5) is 4.39 Å². The molecule has 0 saturated carbocycles. The molecule has 1 aromatic heterocycles. The van der Waals surface area contributed by atoms with Crippen molar-refractivity contribution in [2.24, 2.45) is 5.92 Å². The van der Waals surface area contributed by atoms with Crippen molar-refractivity contribution in [1.29, 1.82) is 5.26 Å². The van der Waals surface area contributed by atoms with Crippen LogP contribution in [0.15, 0.2) is 59.6 Å². The Morgan fingerprint density at radius 2 is 1.91 bits per heavy atom. The molecule has 0 unspecified atom stereocenters. The fourth-order valence-corrected chi connectivity index (χ4v) is 5.32. The van der Waals surface area contributed by atoms with Crippen LogP contribution in [-0.4, -0.2) is 39.3 Å². The van der Waals surface area contributed by atoms with Crippen molar-refractivity contribution in [1.82, 2.24) is 9.29 Å². The SMILES string of the molecule is CNCc1cc(-c2ccc(OCC3CCOCC3)cc2F)n(S(=O)(=O)c2ccc(C#N)cc2)c1. The number of hydrogen-bond acceptors (Lipinski definition) is 6. The quantitative estimate of drug-likeness (QED) is 0.522. The minimum atomic E-state index is -4.02. The summed E-state index contributed by atoms with van der Waals surface area (Å²) in [5.41, 5.74) is 1.40. The number of nitriles is 1. The lowest BCUT2D eigenvalue weighted by molar-refractivity contribution is 0.0497. The van der Waals surface area contributed by atoms with Gasteiger partial charge in [0.25, 0.3) is 10.0 Å². The first-order valence-electron chi connectivity index (χ1n) is 11.0. The van der Waals surface area contributed by atoms with Gasteiger partial charge in [-0.3, -0.25) is 0 Å². The molecule has 0 atom stereocenters. The maximum atomic E-state index is 15.2. The molecular formula is C25H26FN3O4S. The van der Waals surface area contributed by atoms with Crippen molar-refractivity contribution < 1.29 is 22.3 Å². The normalized spacial score (nSPS) is 14.6. The molecule has 34 heavy (non-hydrogen) atoms. The van der Waals surface area contributed by atoms with E-state index in [0.717, 1.165) is 16.8 Å². The highest BCUT2D eigenvalue weighted by Crippen LogP contribution is 2.31. The lowest BCUT2D eigenvalue weighted by atomic mass is 10.0. The molecule has 0 spiro atoms. The Balaban J connectivity index is 1.66. The minimum absolute atomic E-state index is 0.0104. The van der Waals surface area contributed by atoms with Gasteiger partial charge in [0, 0.05) is 37.6 Å². The van der Waals surface area contributed by atoms with E-state index < -0.39 is 15.8 Å². The van der Waals surface area contributed by atoms with Gasteiger partial charge in [-0.15, -0.1) is 0 Å². The summed E-state index contributed by atoms with van der Waals surface area (Å²) in [6.45, 7) is 2.32. The van der Waals surface area contributed by atoms with Gasteiger partial charge in [0.15, 0.2) is 0 Å². The highest BCUT2D eigenvalue weighted by Gasteiger charge is 2.24. The van der Waals surface area contributed by atoms with Gasteiger partial charge in [0.05, 0.1) is 28.8 Å². The molecule has 0 bridgehead atoms. The number of aromatic nitrogens is 1. The predicted octanol–water partition coefficient (Wildman–Crippen LogP) is 3.93. The molecular weight excluding hydrogens is 457 g/mol. The van der Waals surface area contributed by atoms with Crippen LogP contribution in [0.2, 0.25) is 0 Å². The molecule has 1 aliphatic heterocycles. The summed E-state index contributed by atoms with van der Waals surface area (Å²) >= 11 is 0. The van der Waals surface area contributed by atoms with Gasteiger partial charge in [-0.1, -0.05) is 0 Å². The number of halogens is 1. The van der Waals surface area contributed by atoms with Crippen molar-refractivity contribution in [2.75, 3.05) is 26.9 Å². The van der Waals surface area contributed by atoms with E-state index in [1.54, 1.807) is 19.2 Å². The van der Waals surface area contributed by atoms with E-state index in [0.29, 0.717) is 49.2 Å². The van der Waals surface area contributed by atoms with E-state index in [9.17, 15) is 8.42 Å². The second kappa shape index (κ2) is 10.4. The van der Waals surface area contributed by atoms with E-state index in [4.69, 9.17) is 14.7 Å². The molecule has 7 nitrogen and oxygen atoms in total. The van der Waals surface area contributed by atoms with Crippen LogP contribution in [0.5, 0.6) is 5.75 Å². The van der Waals surface area contributed by atoms with Gasteiger partial charge >= 0.3 is 0 Å². The van der Waals surface area contributed by atoms with Gasteiger partial charge < -0.3 is 14.8 Å². The van der Waals surface area contributed by atoms with Gasteiger partial charge in [0.2, 0.25) is 0 Å². The molecule has 0 radical (unpaired) electrons. The monoisotopic (exact) mass is 483 g/mol. The van der Waals surface area contributed by atoms with Gasteiger partial charge in [0.1, 0.15) is 11.6 Å². The largest absolute Gasteiger partial charge is 0.493 e. The third kappa shape index (κ3) is 5.14. The Labute approximate surface area is 198 Å². The summed E-state index contributed by atoms with van der Waals surface area (Å²) < 4.78 is 54.2. The summed E-state index contributed by atoms with van der Waals surface area (Å²) in [6.07, 6.45) is 3.30. The molecule has 0 aliphatic carbocycles. The fourth-order valence-electron chi connectivity index (χ4n) is 3.93. The van der Waals surface area contributed by atoms with Crippen LogP contribution in [0.3, 0.4) is 0 Å². The van der Waals surface area contributed by atoms with Crippen molar-refractivity contribution in [2.45, 2.75) is 24.3 Å². The number of ether oxygens (including phenoxy) is 2. The van der Waals surface area contributed by atoms with E-state index in [1.165, 1.54) is 42.6 Å². The summed E-state index contributed by atoms with van der Waals surface area (Å²) in [5.74, 6) is 0.196. The third-order valence-electron chi connectivity index (χ3n) is 5.81. The average molecular weight is 484 g/mol. The molecule has 4 rings (SSSR count). The average Bonchev–Trinajstić information content (AvgIpc) is 3.28. The van der Waals surface area contributed by atoms with E-state index in [2.05, 4.69) is 5.32 Å². The Morgan fingerprint density at radius 1 is 1.18 bits per heavy atom. The van der Waals surface area contributed by atoms with Crippen LogP contribution in [-0.2, 0) is 21.3 Å². The molecule has 1 saturated heterocycles. The summed E-state index contributed by atoms with van der Waals surface area (Å²) in [6, 6.07) is 13.7. The van der Waals surface area contributed by atoms with Crippen molar-refractivity contribution in [3.8, 4) is 23.1 Å². The second-order valence-electron chi connectivity index (χ2n) is 8.21. The Bertz CT molecular complexity index is 1290. The molecule has 1 aliphatic rings. The van der Waals surface area contributed by atoms with Crippen molar-refractivity contribution >= 4 is 10.0 Å². The van der Waals surface area contributed by atoms with E-state index in [-0.39, 0.29) is 16.2 Å². The number of hydrogen-bond donors (Lipinski definition) is 1. The molecule has 1 N–H and O–H groups in total. The lowest BCUT2D eigenvalue weighted by Crippen LogP contribution is -2.21. The summed E-state index contributed by atoms with van der Waals surface area (Å²) in [5, 5.41) is 12.0. The Hall–Kier alpha value is -3.19. The van der Waals surface area contributed by atoms with Crippen LogP contribution in [0.1, 0.15) is 24.0 Å². The maximum absolute atomic E-state index is 15.2. The van der Waals surface area contributed by atoms with Gasteiger partial charge in [-0.2, -0.15) is 5.26 Å². The standard InChI is InChI=1S/C25H26FN3O4S/c1-28-15-20-12-25(29(16-20)34(30,31)22-5-2-18(14-27)3-6-22)23-7-4-21(13-24(23)26)33-17-19-8-10-32-11-9-19/h2-7,12-13,16,19,28H,8-11,15,17H2,1H3. The Morgan fingerprint density at radius 3 is 2.56 bits per heavy atom. The zero-order valence-corrected chi connectivity index (χ0v) is 19.6. The molecule has 1 fully saturated rings. The van der Waals surface area contributed by atoms with Crippen LogP contribution < -0.4 is 10.1 Å². The number of rotatable bonds is 8. The molecule has 2 aromatic carbocycles. The number of nitrogens with zero attached hydrogens (tertiary/aromatic N) is 2. The van der Waals surface area contributed by atoms with Crippen LogP contribution in [0.25, 0.3) is 11.3 Å². The van der Waals surface area contributed by atoms with E-state index in [1.807, 2.05) is 6.07 Å². The van der Waals surface area contributed by atoms with Gasteiger partial charge in [-0.05, 0) is 73.8 Å². The first-order valence-corrected chi connectivity index (χ1v) is 12.5. The zero-order chi connectivity index (χ0) is 24.1. The second-order valence-corrected chi connectivity index (χ2v) is 10.0. The summed E-state index contributed by atoms with van der Waals surface area (Å²) in [4.78, 5) is 0.0104. The highest BCUT2D eigenvalue weighted by molar-refractivity contribution is 7.90. The molecule has 0 amide bonds. The highest BCUT2D eigenvalue weighted by atomic mass is 32.2. The van der Waals surface area contributed by atoms with E-state index >= 15 is 4.39 Å². The first kappa shape index (κ1) is 24.0.